The normalized spacial score (nSPS) is 37.2. The lowest BCUT2D eigenvalue weighted by Crippen LogP contribution is -2.37. The van der Waals surface area contributed by atoms with Gasteiger partial charge in [0.25, 0.3) is 0 Å². The van der Waals surface area contributed by atoms with Crippen LogP contribution in [0.1, 0.15) is 71.1 Å². The molecule has 4 heteroatoms. The molecule has 0 radical (unpaired) electrons. The highest BCUT2D eigenvalue weighted by Gasteiger charge is 2.51. The maximum absolute atomic E-state index is 11.0. The van der Waals surface area contributed by atoms with Crippen LogP contribution in [0.5, 0.6) is 0 Å². The van der Waals surface area contributed by atoms with Gasteiger partial charge in [-0.25, -0.2) is 0 Å². The summed E-state index contributed by atoms with van der Waals surface area (Å²) in [6.07, 6.45) is 13.0. The van der Waals surface area contributed by atoms with E-state index in [0.29, 0.717) is 24.7 Å². The third-order valence-corrected chi connectivity index (χ3v) is 7.76. The van der Waals surface area contributed by atoms with Crippen LogP contribution in [0, 0.1) is 23.2 Å². The lowest BCUT2D eigenvalue weighted by molar-refractivity contribution is -0.137. The number of carbonyl (C=O) groups is 1. The number of carboxylic acid groups (broad SMARTS) is 1. The van der Waals surface area contributed by atoms with Gasteiger partial charge in [-0.3, -0.25) is 4.79 Å². The average Bonchev–Trinajstić information content (AvgIpc) is 3.00. The fraction of sp³-hybridized carbons (Fsp3) is 0.708. The second-order valence-electron chi connectivity index (χ2n) is 9.40. The van der Waals surface area contributed by atoms with E-state index in [0.717, 1.165) is 50.5 Å². The Kier molecular flexibility index (Phi) is 6.82. The van der Waals surface area contributed by atoms with Gasteiger partial charge in [-0.15, -0.1) is 0 Å². The maximum Gasteiger partial charge on any atom is 0.303 e. The van der Waals surface area contributed by atoms with E-state index in [4.69, 9.17) is 5.11 Å². The minimum Gasteiger partial charge on any atom is -0.481 e. The zero-order valence-corrected chi connectivity index (χ0v) is 17.2. The van der Waals surface area contributed by atoms with Gasteiger partial charge in [0.2, 0.25) is 0 Å². The molecule has 0 bridgehead atoms. The van der Waals surface area contributed by atoms with Gasteiger partial charge in [0.15, 0.2) is 0 Å². The zero-order valence-electron chi connectivity index (χ0n) is 17.2. The molecule has 0 aliphatic heterocycles. The number of rotatable bonds is 6. The van der Waals surface area contributed by atoms with E-state index in [1.165, 1.54) is 11.1 Å². The molecule has 3 rings (SSSR count). The average molecular weight is 389 g/mol. The summed E-state index contributed by atoms with van der Waals surface area (Å²) >= 11 is 0. The Morgan fingerprint density at radius 1 is 1.29 bits per heavy atom. The summed E-state index contributed by atoms with van der Waals surface area (Å²) in [5.41, 5.74) is 3.98. The molecule has 4 nitrogen and oxygen atoms in total. The molecule has 0 saturated heterocycles. The van der Waals surface area contributed by atoms with Crippen molar-refractivity contribution in [2.45, 2.75) is 77.2 Å². The van der Waals surface area contributed by atoms with E-state index < -0.39 is 5.97 Å². The molecule has 0 aromatic heterocycles. The van der Waals surface area contributed by atoms with Crippen molar-refractivity contribution in [3.8, 4) is 0 Å². The molecule has 0 spiro atoms. The lowest BCUT2D eigenvalue weighted by atomic mass is 9.60. The van der Waals surface area contributed by atoms with Crippen LogP contribution in [0.4, 0.5) is 0 Å². The van der Waals surface area contributed by atoms with Crippen LogP contribution in [-0.2, 0) is 4.79 Å². The topological polar surface area (TPSA) is 77.8 Å². The molecule has 3 N–H and O–H groups in total. The van der Waals surface area contributed by atoms with Gasteiger partial charge in [-0.05, 0) is 86.5 Å². The summed E-state index contributed by atoms with van der Waals surface area (Å²) in [7, 11) is 0. The smallest absolute Gasteiger partial charge is 0.303 e. The number of aliphatic hydroxyl groups excluding tert-OH is 2. The molecule has 3 aliphatic carbocycles. The van der Waals surface area contributed by atoms with Crippen molar-refractivity contribution in [2.75, 3.05) is 6.61 Å². The van der Waals surface area contributed by atoms with E-state index in [9.17, 15) is 15.0 Å². The second-order valence-corrected chi connectivity index (χ2v) is 9.40. The largest absolute Gasteiger partial charge is 0.481 e. The fourth-order valence-corrected chi connectivity index (χ4v) is 6.18. The van der Waals surface area contributed by atoms with Crippen LogP contribution in [-0.4, -0.2) is 34.0 Å². The quantitative estimate of drug-likeness (QED) is 0.620. The van der Waals surface area contributed by atoms with Crippen LogP contribution >= 0.6 is 0 Å². The Labute approximate surface area is 169 Å². The van der Waals surface area contributed by atoms with E-state index in [-0.39, 0.29) is 30.5 Å². The van der Waals surface area contributed by atoms with Crippen molar-refractivity contribution in [2.24, 2.45) is 23.2 Å². The Hall–Kier alpha value is -1.39. The molecule has 0 aromatic rings. The van der Waals surface area contributed by atoms with Gasteiger partial charge < -0.3 is 15.3 Å². The van der Waals surface area contributed by atoms with Crippen LogP contribution in [0.3, 0.4) is 0 Å². The Morgan fingerprint density at radius 2 is 2.07 bits per heavy atom. The van der Waals surface area contributed by atoms with Crippen molar-refractivity contribution in [1.29, 1.82) is 0 Å². The van der Waals surface area contributed by atoms with Crippen molar-refractivity contribution in [3.63, 3.8) is 0 Å². The first-order valence-corrected chi connectivity index (χ1v) is 10.9. The summed E-state index contributed by atoms with van der Waals surface area (Å²) in [4.78, 5) is 11.0. The van der Waals surface area contributed by atoms with Crippen LogP contribution in [0.2, 0.25) is 0 Å². The third-order valence-electron chi connectivity index (χ3n) is 7.76. The van der Waals surface area contributed by atoms with E-state index in [1.54, 1.807) is 0 Å². The number of allylic oxidation sites excluding steroid dienone is 4. The molecule has 0 unspecified atom stereocenters. The Morgan fingerprint density at radius 3 is 2.79 bits per heavy atom. The molecule has 5 atom stereocenters. The van der Waals surface area contributed by atoms with Crippen molar-refractivity contribution >= 4 is 5.97 Å². The highest BCUT2D eigenvalue weighted by Crippen LogP contribution is 2.59. The lowest BCUT2D eigenvalue weighted by Gasteiger charge is -2.44. The predicted octanol–water partition coefficient (Wildman–Crippen LogP) is 4.63. The van der Waals surface area contributed by atoms with Crippen molar-refractivity contribution in [1.82, 2.24) is 0 Å². The third kappa shape index (κ3) is 4.44. The molecule has 156 valence electrons. The van der Waals surface area contributed by atoms with E-state index in [2.05, 4.69) is 25.7 Å². The molecular formula is C24H36O4. The van der Waals surface area contributed by atoms with E-state index in [1.807, 2.05) is 0 Å². The summed E-state index contributed by atoms with van der Waals surface area (Å²) in [6, 6.07) is 0. The molecule has 0 aromatic carbocycles. The van der Waals surface area contributed by atoms with Gasteiger partial charge in [-0.1, -0.05) is 36.8 Å². The van der Waals surface area contributed by atoms with Crippen LogP contribution in [0.25, 0.3) is 0 Å². The highest BCUT2D eigenvalue weighted by molar-refractivity contribution is 5.66. The van der Waals surface area contributed by atoms with Gasteiger partial charge in [0.05, 0.1) is 6.10 Å². The molecule has 0 amide bonds. The molecular weight excluding hydrogens is 352 g/mol. The van der Waals surface area contributed by atoms with Crippen LogP contribution < -0.4 is 0 Å². The molecule has 3 fully saturated rings. The van der Waals surface area contributed by atoms with Gasteiger partial charge in [-0.2, -0.15) is 0 Å². The summed E-state index contributed by atoms with van der Waals surface area (Å²) < 4.78 is 0. The minimum atomic E-state index is -0.774. The highest BCUT2D eigenvalue weighted by atomic mass is 16.4. The summed E-state index contributed by atoms with van der Waals surface area (Å²) in [6.45, 7) is 6.62. The number of fused-ring (bicyclic) bond motifs is 1. The first kappa shape index (κ1) is 21.3. The fourth-order valence-electron chi connectivity index (χ4n) is 6.18. The monoisotopic (exact) mass is 388 g/mol. The molecule has 28 heavy (non-hydrogen) atoms. The second kappa shape index (κ2) is 8.96. The van der Waals surface area contributed by atoms with E-state index >= 15 is 0 Å². The zero-order chi connectivity index (χ0) is 20.3. The van der Waals surface area contributed by atoms with Crippen LogP contribution in [0.15, 0.2) is 35.5 Å². The Bertz CT molecular complexity index is 662. The number of hydrogen-bond acceptors (Lipinski definition) is 3. The molecule has 3 aliphatic rings. The number of aliphatic carboxylic acids is 1. The van der Waals surface area contributed by atoms with Gasteiger partial charge in [0, 0.05) is 13.0 Å². The SMILES string of the molecule is C=C1CC[C@@H](O)C/C1=C/C=C1CCC[C@]2(C)[C@@H]([C@H](CO)CCC(=O)O)CC[C@@H]12. The number of aliphatic hydroxyl groups is 2. The first-order valence-electron chi connectivity index (χ1n) is 10.9. The standard InChI is InChI=1S/C24H36O4/c1-16-5-9-20(26)14-18(16)7-6-17-4-3-13-24(2)21(17)10-11-22(24)19(15-25)8-12-23(27)28/h6-7,19-22,25-26H,1,3-5,8-15H2,2H3,(H,27,28)/b17-6?,18-7-/t19-,20+,21-,22+,24-/m0/s1. The summed E-state index contributed by atoms with van der Waals surface area (Å²) in [5.74, 6) is 0.217. The predicted molar refractivity (Wildman–Crippen MR) is 111 cm³/mol. The summed E-state index contributed by atoms with van der Waals surface area (Å²) in [5, 5.41) is 29.0. The number of hydrogen-bond donors (Lipinski definition) is 3. The Balaban J connectivity index is 1.77. The molecule has 0 heterocycles. The number of carboxylic acids is 1. The van der Waals surface area contributed by atoms with Crippen molar-refractivity contribution < 1.29 is 20.1 Å². The van der Waals surface area contributed by atoms with Gasteiger partial charge in [0.1, 0.15) is 0 Å². The molecule has 3 saturated carbocycles. The van der Waals surface area contributed by atoms with Crippen molar-refractivity contribution in [3.05, 3.63) is 35.5 Å². The van der Waals surface area contributed by atoms with Gasteiger partial charge >= 0.3 is 5.97 Å². The maximum atomic E-state index is 11.0. The first-order chi connectivity index (χ1) is 13.3. The minimum absolute atomic E-state index is 0.0806.